The van der Waals surface area contributed by atoms with Gasteiger partial charge in [0.15, 0.2) is 0 Å². The number of rotatable bonds is 5. The average molecular weight is 547 g/mol. The Balaban J connectivity index is 1.79. The molecule has 206 valence electrons. The van der Waals surface area contributed by atoms with Crippen LogP contribution >= 0.6 is 11.8 Å². The van der Waals surface area contributed by atoms with Gasteiger partial charge in [-0.15, -0.1) is 11.8 Å². The highest BCUT2D eigenvalue weighted by Gasteiger charge is 2.41. The van der Waals surface area contributed by atoms with E-state index in [4.69, 9.17) is 9.84 Å². The molecule has 3 heterocycles. The van der Waals surface area contributed by atoms with E-state index in [1.807, 2.05) is 27.8 Å². The summed E-state index contributed by atoms with van der Waals surface area (Å²) in [4.78, 5) is 30.9. The Morgan fingerprint density at radius 2 is 1.82 bits per heavy atom. The number of thioether (sulfide) groups is 1. The van der Waals surface area contributed by atoms with E-state index in [2.05, 4.69) is 58.9 Å². The predicted octanol–water partition coefficient (Wildman–Crippen LogP) is 5.59. The zero-order chi connectivity index (χ0) is 27.9. The molecule has 1 fully saturated rings. The van der Waals surface area contributed by atoms with Crippen LogP contribution in [0.5, 0.6) is 5.75 Å². The normalized spacial score (nSPS) is 17.8. The number of carbonyl (C=O) groups is 2. The SMILES string of the molecule is COc1ccccc1[C@H]1SCC(=O)N(CC(=O)N2CCCC2)c2c1c(C(C)(C)C)nn2-c1ccc(C)cc1C. The first kappa shape index (κ1) is 27.3. The average Bonchev–Trinajstić information content (AvgIpc) is 3.54. The highest BCUT2D eigenvalue weighted by atomic mass is 32.2. The Kier molecular flexibility index (Phi) is 7.51. The molecule has 1 saturated heterocycles. The molecular weight excluding hydrogens is 508 g/mol. The molecule has 0 bridgehead atoms. The monoisotopic (exact) mass is 546 g/mol. The van der Waals surface area contributed by atoms with Gasteiger partial charge in [-0.2, -0.15) is 5.10 Å². The highest BCUT2D eigenvalue weighted by molar-refractivity contribution is 8.00. The predicted molar refractivity (Wildman–Crippen MR) is 157 cm³/mol. The van der Waals surface area contributed by atoms with Gasteiger partial charge < -0.3 is 9.64 Å². The number of methoxy groups -OCH3 is 1. The van der Waals surface area contributed by atoms with E-state index >= 15 is 0 Å². The van der Waals surface area contributed by atoms with Crippen LogP contribution in [0.2, 0.25) is 0 Å². The Hall–Kier alpha value is -3.26. The van der Waals surface area contributed by atoms with Crippen molar-refractivity contribution in [3.63, 3.8) is 0 Å². The minimum absolute atomic E-state index is 0.00518. The number of anilines is 1. The van der Waals surface area contributed by atoms with Crippen molar-refractivity contribution < 1.29 is 14.3 Å². The lowest BCUT2D eigenvalue weighted by atomic mass is 9.87. The molecule has 1 atom stereocenters. The van der Waals surface area contributed by atoms with E-state index in [0.717, 1.165) is 65.3 Å². The second-order valence-electron chi connectivity index (χ2n) is 11.5. The van der Waals surface area contributed by atoms with Crippen LogP contribution in [0.4, 0.5) is 5.82 Å². The van der Waals surface area contributed by atoms with Crippen molar-refractivity contribution in [1.29, 1.82) is 0 Å². The summed E-state index contributed by atoms with van der Waals surface area (Å²) in [6, 6.07) is 14.2. The molecule has 2 aromatic carbocycles. The fraction of sp³-hybridized carbons (Fsp3) is 0.452. The minimum Gasteiger partial charge on any atom is -0.496 e. The van der Waals surface area contributed by atoms with Crippen LogP contribution in [0.1, 0.15) is 66.8 Å². The molecule has 0 radical (unpaired) electrons. The van der Waals surface area contributed by atoms with Gasteiger partial charge in [0.05, 0.1) is 29.5 Å². The minimum atomic E-state index is -0.313. The third-order valence-corrected chi connectivity index (χ3v) is 8.79. The van der Waals surface area contributed by atoms with Crippen molar-refractivity contribution in [3.8, 4) is 11.4 Å². The number of amides is 2. The number of aromatic nitrogens is 2. The quantitative estimate of drug-likeness (QED) is 0.418. The number of benzene rings is 2. The number of ether oxygens (including phenoxy) is 1. The van der Waals surface area contributed by atoms with Gasteiger partial charge >= 0.3 is 0 Å². The summed E-state index contributed by atoms with van der Waals surface area (Å²) >= 11 is 1.58. The van der Waals surface area contributed by atoms with Gasteiger partial charge in [-0.1, -0.05) is 56.7 Å². The number of hydrogen-bond donors (Lipinski definition) is 0. The number of aryl methyl sites for hydroxylation is 2. The van der Waals surface area contributed by atoms with E-state index in [-0.39, 0.29) is 34.8 Å². The number of nitrogens with zero attached hydrogens (tertiary/aromatic N) is 4. The first-order valence-electron chi connectivity index (χ1n) is 13.6. The summed E-state index contributed by atoms with van der Waals surface area (Å²) in [7, 11) is 1.68. The van der Waals surface area contributed by atoms with Crippen LogP contribution in [0.3, 0.4) is 0 Å². The summed E-state index contributed by atoms with van der Waals surface area (Å²) in [6.45, 7) is 12.1. The van der Waals surface area contributed by atoms with Crippen LogP contribution in [0.25, 0.3) is 5.69 Å². The van der Waals surface area contributed by atoms with Crippen molar-refractivity contribution in [2.24, 2.45) is 0 Å². The topological polar surface area (TPSA) is 67.7 Å². The van der Waals surface area contributed by atoms with Gasteiger partial charge in [0.1, 0.15) is 18.1 Å². The largest absolute Gasteiger partial charge is 0.496 e. The molecule has 8 heteroatoms. The van der Waals surface area contributed by atoms with Crippen molar-refractivity contribution in [2.75, 3.05) is 37.4 Å². The first-order chi connectivity index (χ1) is 18.6. The summed E-state index contributed by atoms with van der Waals surface area (Å²) in [5.74, 6) is 1.61. The van der Waals surface area contributed by atoms with Crippen molar-refractivity contribution in [2.45, 2.75) is 58.1 Å². The van der Waals surface area contributed by atoms with Gasteiger partial charge in [0.2, 0.25) is 11.8 Å². The maximum Gasteiger partial charge on any atom is 0.242 e. The Morgan fingerprint density at radius 1 is 1.10 bits per heavy atom. The standard InChI is InChI=1S/C31H38N4O3S/c1-20-13-14-23(21(2)17-20)35-30-27(29(32-35)31(3,4)5)28(22-11-7-8-12-24(22)38-6)39-19-26(37)34(30)18-25(36)33-15-9-10-16-33/h7-8,11-14,17,28H,9-10,15-16,18-19H2,1-6H3/t28-/m1/s1. The lowest BCUT2D eigenvalue weighted by Crippen LogP contribution is -2.43. The Labute approximate surface area is 235 Å². The third kappa shape index (κ3) is 5.19. The molecule has 0 saturated carbocycles. The number of carbonyl (C=O) groups excluding carboxylic acids is 2. The molecule has 0 aliphatic carbocycles. The molecule has 5 rings (SSSR count). The summed E-state index contributed by atoms with van der Waals surface area (Å²) in [6.07, 6.45) is 2.01. The van der Waals surface area contributed by atoms with E-state index in [1.54, 1.807) is 23.8 Å². The van der Waals surface area contributed by atoms with Crippen LogP contribution in [-0.4, -0.2) is 59.0 Å². The van der Waals surface area contributed by atoms with Gasteiger partial charge in [0, 0.05) is 29.6 Å². The van der Waals surface area contributed by atoms with Gasteiger partial charge in [-0.05, 0) is 44.4 Å². The van der Waals surface area contributed by atoms with Gasteiger partial charge in [0.25, 0.3) is 0 Å². The van der Waals surface area contributed by atoms with Crippen molar-refractivity contribution in [3.05, 3.63) is 70.4 Å². The molecule has 0 spiro atoms. The summed E-state index contributed by atoms with van der Waals surface area (Å²) in [5.41, 5.74) is 5.69. The zero-order valence-corrected chi connectivity index (χ0v) is 24.6. The lowest BCUT2D eigenvalue weighted by Gasteiger charge is -2.26. The number of hydrogen-bond acceptors (Lipinski definition) is 5. The summed E-state index contributed by atoms with van der Waals surface area (Å²) < 4.78 is 7.70. The van der Waals surface area contributed by atoms with Crippen molar-refractivity contribution >= 4 is 29.4 Å². The Morgan fingerprint density at radius 3 is 2.49 bits per heavy atom. The molecule has 39 heavy (non-hydrogen) atoms. The van der Waals surface area contributed by atoms with Crippen LogP contribution in [0.15, 0.2) is 42.5 Å². The number of para-hydroxylation sites is 1. The second-order valence-corrected chi connectivity index (χ2v) is 12.6. The molecule has 1 aromatic heterocycles. The maximum absolute atomic E-state index is 13.9. The second kappa shape index (κ2) is 10.7. The van der Waals surface area contributed by atoms with E-state index in [0.29, 0.717) is 5.82 Å². The molecule has 2 amide bonds. The zero-order valence-electron chi connectivity index (χ0n) is 23.8. The molecule has 0 N–H and O–H groups in total. The highest BCUT2D eigenvalue weighted by Crippen LogP contribution is 2.50. The van der Waals surface area contributed by atoms with Gasteiger partial charge in [-0.25, -0.2) is 4.68 Å². The molecular formula is C31H38N4O3S. The third-order valence-electron chi connectivity index (χ3n) is 7.55. The molecule has 0 unspecified atom stereocenters. The smallest absolute Gasteiger partial charge is 0.242 e. The van der Waals surface area contributed by atoms with Crippen LogP contribution in [-0.2, 0) is 15.0 Å². The molecule has 2 aliphatic rings. The molecule has 7 nitrogen and oxygen atoms in total. The van der Waals surface area contributed by atoms with E-state index in [9.17, 15) is 9.59 Å². The maximum atomic E-state index is 13.9. The first-order valence-corrected chi connectivity index (χ1v) is 14.7. The van der Waals surface area contributed by atoms with Gasteiger partial charge in [-0.3, -0.25) is 14.5 Å². The van der Waals surface area contributed by atoms with E-state index in [1.165, 1.54) is 0 Å². The lowest BCUT2D eigenvalue weighted by molar-refractivity contribution is -0.130. The van der Waals surface area contributed by atoms with Crippen LogP contribution in [0, 0.1) is 13.8 Å². The summed E-state index contributed by atoms with van der Waals surface area (Å²) in [5, 5.41) is 5.04. The molecule has 3 aromatic rings. The fourth-order valence-electron chi connectivity index (χ4n) is 5.61. The van der Waals surface area contributed by atoms with Crippen molar-refractivity contribution in [1.82, 2.24) is 14.7 Å². The number of fused-ring (bicyclic) bond motifs is 1. The number of likely N-dealkylation sites (tertiary alicyclic amines) is 1. The Bertz CT molecular complexity index is 1400. The van der Waals surface area contributed by atoms with E-state index < -0.39 is 0 Å². The van der Waals surface area contributed by atoms with Crippen LogP contribution < -0.4 is 9.64 Å². The molecule has 2 aliphatic heterocycles. The fourth-order valence-corrected chi connectivity index (χ4v) is 6.84.